The van der Waals surface area contributed by atoms with E-state index in [2.05, 4.69) is 17.2 Å². The van der Waals surface area contributed by atoms with Crippen LogP contribution in [-0.2, 0) is 6.54 Å². The first kappa shape index (κ1) is 15.4. The number of ether oxygens (including phenoxy) is 1. The lowest BCUT2D eigenvalue weighted by Gasteiger charge is -2.10. The van der Waals surface area contributed by atoms with Crippen molar-refractivity contribution >= 4 is 0 Å². The van der Waals surface area contributed by atoms with Gasteiger partial charge in [0, 0.05) is 18.3 Å². The number of pyridine rings is 1. The van der Waals surface area contributed by atoms with Crippen LogP contribution < -0.4 is 10.1 Å². The van der Waals surface area contributed by atoms with Crippen LogP contribution in [0.2, 0.25) is 0 Å². The molecule has 21 heavy (non-hydrogen) atoms. The molecule has 0 radical (unpaired) electrons. The molecule has 1 aromatic heterocycles. The lowest BCUT2D eigenvalue weighted by atomic mass is 10.2. The molecular weight excluding hydrogens is 267 g/mol. The highest BCUT2D eigenvalue weighted by molar-refractivity contribution is 5.34. The Morgan fingerprint density at radius 2 is 2.05 bits per heavy atom. The van der Waals surface area contributed by atoms with Gasteiger partial charge in [0.2, 0.25) is 5.88 Å². The Labute approximate surface area is 125 Å². The van der Waals surface area contributed by atoms with Gasteiger partial charge in [-0.3, -0.25) is 0 Å². The van der Waals surface area contributed by atoms with Gasteiger partial charge in [0.1, 0.15) is 0 Å². The van der Waals surface area contributed by atoms with Gasteiger partial charge in [-0.2, -0.15) is 0 Å². The van der Waals surface area contributed by atoms with Crippen molar-refractivity contribution in [1.29, 1.82) is 0 Å². The number of hydrogen-bond acceptors (Lipinski definition) is 3. The predicted molar refractivity (Wildman–Crippen MR) is 82.2 cm³/mol. The standard InChI is InChI=1S/C17H21FN2O/c1-4-8-19-11-14-9-13(3)20-16(10-14)21-15-7-5-6-12(2)17(15)18/h5-7,9-10,19H,4,8,11H2,1-3H3. The van der Waals surface area contributed by atoms with Crippen molar-refractivity contribution in [3.8, 4) is 11.6 Å². The zero-order chi connectivity index (χ0) is 15.2. The van der Waals surface area contributed by atoms with E-state index in [0.29, 0.717) is 11.4 Å². The van der Waals surface area contributed by atoms with Crippen LogP contribution in [0.1, 0.15) is 30.2 Å². The van der Waals surface area contributed by atoms with Crippen molar-refractivity contribution in [1.82, 2.24) is 10.3 Å². The Kier molecular flexibility index (Phi) is 5.28. The maximum atomic E-state index is 14.0. The van der Waals surface area contributed by atoms with Crippen LogP contribution >= 0.6 is 0 Å². The number of nitrogens with zero attached hydrogens (tertiary/aromatic N) is 1. The molecule has 0 unspecified atom stereocenters. The quantitative estimate of drug-likeness (QED) is 0.812. The maximum Gasteiger partial charge on any atom is 0.219 e. The molecule has 112 valence electrons. The molecule has 2 aromatic rings. The predicted octanol–water partition coefficient (Wildman–Crippen LogP) is 4.13. The van der Waals surface area contributed by atoms with Crippen molar-refractivity contribution in [2.75, 3.05) is 6.54 Å². The molecule has 0 saturated heterocycles. The van der Waals surface area contributed by atoms with Crippen molar-refractivity contribution in [2.24, 2.45) is 0 Å². The second-order valence-corrected chi connectivity index (χ2v) is 5.12. The lowest BCUT2D eigenvalue weighted by molar-refractivity contribution is 0.424. The van der Waals surface area contributed by atoms with Crippen LogP contribution in [0.15, 0.2) is 30.3 Å². The smallest absolute Gasteiger partial charge is 0.219 e. The fourth-order valence-electron chi connectivity index (χ4n) is 2.08. The summed E-state index contributed by atoms with van der Waals surface area (Å²) in [6.45, 7) is 7.46. The van der Waals surface area contributed by atoms with Gasteiger partial charge in [-0.25, -0.2) is 9.37 Å². The molecule has 3 nitrogen and oxygen atoms in total. The van der Waals surface area contributed by atoms with Gasteiger partial charge in [-0.05, 0) is 50.1 Å². The van der Waals surface area contributed by atoms with Crippen molar-refractivity contribution in [3.05, 3.63) is 53.0 Å². The molecule has 1 heterocycles. The number of rotatable bonds is 6. The summed E-state index contributed by atoms with van der Waals surface area (Å²) in [6, 6.07) is 8.94. The van der Waals surface area contributed by atoms with Gasteiger partial charge in [0.05, 0.1) is 0 Å². The summed E-state index contributed by atoms with van der Waals surface area (Å²) in [5.74, 6) is 0.292. The number of nitrogens with one attached hydrogen (secondary N) is 1. The molecule has 0 fully saturated rings. The normalized spacial score (nSPS) is 10.7. The van der Waals surface area contributed by atoms with Crippen molar-refractivity contribution in [2.45, 2.75) is 33.7 Å². The molecule has 2 rings (SSSR count). The summed E-state index contributed by atoms with van der Waals surface area (Å²) in [4.78, 5) is 4.31. The summed E-state index contributed by atoms with van der Waals surface area (Å²) < 4.78 is 19.6. The summed E-state index contributed by atoms with van der Waals surface area (Å²) in [5, 5.41) is 3.33. The van der Waals surface area contributed by atoms with Crippen LogP contribution in [0, 0.1) is 19.7 Å². The Balaban J connectivity index is 2.17. The van der Waals surface area contributed by atoms with Gasteiger partial charge in [-0.1, -0.05) is 19.1 Å². The van der Waals surface area contributed by atoms with Gasteiger partial charge >= 0.3 is 0 Å². The number of aryl methyl sites for hydroxylation is 2. The summed E-state index contributed by atoms with van der Waals surface area (Å²) >= 11 is 0. The topological polar surface area (TPSA) is 34.2 Å². The minimum atomic E-state index is -0.341. The minimum Gasteiger partial charge on any atom is -0.436 e. The van der Waals surface area contributed by atoms with Crippen LogP contribution in [0.5, 0.6) is 11.6 Å². The largest absolute Gasteiger partial charge is 0.436 e. The van der Waals surface area contributed by atoms with E-state index in [1.54, 1.807) is 25.1 Å². The lowest BCUT2D eigenvalue weighted by Crippen LogP contribution is -2.14. The van der Waals surface area contributed by atoms with Crippen LogP contribution in [0.3, 0.4) is 0 Å². The third kappa shape index (κ3) is 4.26. The van der Waals surface area contributed by atoms with Gasteiger partial charge < -0.3 is 10.1 Å². The van der Waals surface area contributed by atoms with Gasteiger partial charge in [-0.15, -0.1) is 0 Å². The Morgan fingerprint density at radius 3 is 2.81 bits per heavy atom. The Morgan fingerprint density at radius 1 is 1.24 bits per heavy atom. The molecule has 0 saturated carbocycles. The third-order valence-corrected chi connectivity index (χ3v) is 3.12. The average Bonchev–Trinajstić information content (AvgIpc) is 2.44. The molecule has 0 atom stereocenters. The molecule has 0 aliphatic rings. The Hall–Kier alpha value is -1.94. The minimum absolute atomic E-state index is 0.209. The third-order valence-electron chi connectivity index (χ3n) is 3.12. The summed E-state index contributed by atoms with van der Waals surface area (Å²) in [5.41, 5.74) is 2.50. The van der Waals surface area contributed by atoms with E-state index in [4.69, 9.17) is 4.74 Å². The molecule has 1 aromatic carbocycles. The maximum absolute atomic E-state index is 14.0. The van der Waals surface area contributed by atoms with E-state index >= 15 is 0 Å². The molecule has 0 amide bonds. The fraction of sp³-hybridized carbons (Fsp3) is 0.353. The van der Waals surface area contributed by atoms with E-state index in [1.807, 2.05) is 19.1 Å². The monoisotopic (exact) mass is 288 g/mol. The number of benzene rings is 1. The second-order valence-electron chi connectivity index (χ2n) is 5.12. The average molecular weight is 288 g/mol. The zero-order valence-corrected chi connectivity index (χ0v) is 12.7. The number of aromatic nitrogens is 1. The van der Waals surface area contributed by atoms with E-state index in [-0.39, 0.29) is 11.6 Å². The van der Waals surface area contributed by atoms with Gasteiger partial charge in [0.25, 0.3) is 0 Å². The molecular formula is C17H21FN2O. The first-order valence-electron chi connectivity index (χ1n) is 7.21. The highest BCUT2D eigenvalue weighted by atomic mass is 19.1. The molecule has 0 aliphatic heterocycles. The first-order chi connectivity index (χ1) is 10.1. The molecule has 4 heteroatoms. The van der Waals surface area contributed by atoms with E-state index in [0.717, 1.165) is 30.8 Å². The highest BCUT2D eigenvalue weighted by Crippen LogP contribution is 2.25. The molecule has 0 bridgehead atoms. The molecule has 0 aliphatic carbocycles. The Bertz CT molecular complexity index is 614. The van der Waals surface area contributed by atoms with E-state index in [9.17, 15) is 4.39 Å². The zero-order valence-electron chi connectivity index (χ0n) is 12.7. The molecule has 0 spiro atoms. The van der Waals surface area contributed by atoms with Crippen molar-refractivity contribution < 1.29 is 9.13 Å². The van der Waals surface area contributed by atoms with Gasteiger partial charge in [0.15, 0.2) is 11.6 Å². The fourth-order valence-corrected chi connectivity index (χ4v) is 2.08. The highest BCUT2D eigenvalue weighted by Gasteiger charge is 2.09. The van der Waals surface area contributed by atoms with E-state index in [1.165, 1.54) is 0 Å². The SMILES string of the molecule is CCCNCc1cc(C)nc(Oc2cccc(C)c2F)c1. The van der Waals surface area contributed by atoms with Crippen LogP contribution in [0.4, 0.5) is 4.39 Å². The van der Waals surface area contributed by atoms with Crippen molar-refractivity contribution in [3.63, 3.8) is 0 Å². The summed E-state index contributed by atoms with van der Waals surface area (Å²) in [7, 11) is 0. The number of hydrogen-bond donors (Lipinski definition) is 1. The van der Waals surface area contributed by atoms with Crippen LogP contribution in [-0.4, -0.2) is 11.5 Å². The second kappa shape index (κ2) is 7.18. The molecule has 1 N–H and O–H groups in total. The first-order valence-corrected chi connectivity index (χ1v) is 7.21. The van der Waals surface area contributed by atoms with Crippen LogP contribution in [0.25, 0.3) is 0 Å². The number of halogens is 1. The summed E-state index contributed by atoms with van der Waals surface area (Å²) in [6.07, 6.45) is 1.09. The van der Waals surface area contributed by atoms with E-state index < -0.39 is 0 Å².